The van der Waals surface area contributed by atoms with Gasteiger partial charge in [-0.15, -0.1) is 0 Å². The van der Waals surface area contributed by atoms with Gasteiger partial charge in [-0.25, -0.2) is 0 Å². The number of likely N-dealkylation sites (tertiary alicyclic amines) is 1. The molecular weight excluding hydrogens is 274 g/mol. The molecule has 0 aromatic heterocycles. The molecule has 128 valence electrons. The first kappa shape index (κ1) is 17.9. The maximum atomic E-state index is 5.96. The smallest absolute Gasteiger partial charge is 0.0635 e. The first-order valence-electron chi connectivity index (χ1n) is 8.93. The summed E-state index contributed by atoms with van der Waals surface area (Å²) in [5.41, 5.74) is 0.192. The topological polar surface area (TPSA) is 28.1 Å². The summed E-state index contributed by atoms with van der Waals surface area (Å²) >= 11 is 0. The van der Waals surface area contributed by atoms with Crippen molar-refractivity contribution in [2.24, 2.45) is 10.4 Å². The van der Waals surface area contributed by atoms with Crippen LogP contribution in [0.2, 0.25) is 0 Å². The van der Waals surface area contributed by atoms with E-state index in [-0.39, 0.29) is 11.0 Å². The number of ether oxygens (including phenoxy) is 1. The van der Waals surface area contributed by atoms with Crippen molar-refractivity contribution in [3.05, 3.63) is 0 Å². The molecule has 22 heavy (non-hydrogen) atoms. The van der Waals surface area contributed by atoms with Crippen molar-refractivity contribution in [3.63, 3.8) is 0 Å². The Bertz CT molecular complexity index is 361. The van der Waals surface area contributed by atoms with Gasteiger partial charge in [0.15, 0.2) is 0 Å². The zero-order valence-corrected chi connectivity index (χ0v) is 15.1. The van der Waals surface area contributed by atoms with Gasteiger partial charge in [0.05, 0.1) is 5.60 Å². The van der Waals surface area contributed by atoms with Gasteiger partial charge in [-0.2, -0.15) is 0 Å². The third kappa shape index (κ3) is 5.64. The molecule has 0 aromatic rings. The highest BCUT2D eigenvalue weighted by atomic mass is 16.5. The summed E-state index contributed by atoms with van der Waals surface area (Å²) in [6.07, 6.45) is 8.36. The van der Waals surface area contributed by atoms with Crippen LogP contribution in [0, 0.1) is 5.41 Å². The van der Waals surface area contributed by atoms with Crippen LogP contribution >= 0.6 is 0 Å². The van der Waals surface area contributed by atoms with Gasteiger partial charge < -0.3 is 14.5 Å². The molecule has 2 heterocycles. The minimum Gasteiger partial charge on any atom is -0.376 e. The number of aliphatic imine (C=N–C) groups is 1. The molecule has 4 heteroatoms. The van der Waals surface area contributed by atoms with E-state index in [2.05, 4.69) is 44.0 Å². The molecule has 2 aliphatic heterocycles. The van der Waals surface area contributed by atoms with Crippen molar-refractivity contribution in [2.45, 2.75) is 51.6 Å². The minimum absolute atomic E-state index is 0.0202. The lowest BCUT2D eigenvalue weighted by Gasteiger charge is -2.44. The largest absolute Gasteiger partial charge is 0.376 e. The van der Waals surface area contributed by atoms with Crippen molar-refractivity contribution in [3.8, 4) is 0 Å². The summed E-state index contributed by atoms with van der Waals surface area (Å²) < 4.78 is 5.96. The molecule has 0 radical (unpaired) electrons. The van der Waals surface area contributed by atoms with Gasteiger partial charge in [-0.05, 0) is 79.7 Å². The molecule has 0 N–H and O–H groups in total. The Balaban J connectivity index is 1.96. The van der Waals surface area contributed by atoms with E-state index in [9.17, 15) is 0 Å². The summed E-state index contributed by atoms with van der Waals surface area (Å²) in [5.74, 6) is 0. The molecule has 1 atom stereocenters. The Morgan fingerprint density at radius 3 is 2.59 bits per heavy atom. The molecule has 0 aromatic carbocycles. The van der Waals surface area contributed by atoms with Crippen molar-refractivity contribution in [1.82, 2.24) is 9.80 Å². The van der Waals surface area contributed by atoms with Gasteiger partial charge in [0.25, 0.3) is 0 Å². The molecule has 2 aliphatic rings. The minimum atomic E-state index is -0.0202. The monoisotopic (exact) mass is 309 g/mol. The second-order valence-electron chi connectivity index (χ2n) is 8.07. The highest BCUT2D eigenvalue weighted by molar-refractivity contribution is 5.66. The molecule has 2 rings (SSSR count). The fraction of sp³-hybridized carbons (Fsp3) is 0.944. The van der Waals surface area contributed by atoms with Gasteiger partial charge in [0.1, 0.15) is 0 Å². The van der Waals surface area contributed by atoms with Crippen LogP contribution in [0.5, 0.6) is 0 Å². The quantitative estimate of drug-likeness (QED) is 0.535. The van der Waals surface area contributed by atoms with Crippen LogP contribution in [-0.4, -0.2) is 75.0 Å². The number of nitrogens with zero attached hydrogens (tertiary/aromatic N) is 3. The van der Waals surface area contributed by atoms with Crippen LogP contribution < -0.4 is 0 Å². The van der Waals surface area contributed by atoms with Crippen LogP contribution in [0.3, 0.4) is 0 Å². The molecule has 4 nitrogen and oxygen atoms in total. The standard InChI is InChI=1S/C18H35N3O/c1-17(2)14-18(8-13-22-17,16-21-11-5-6-12-21)15-19-9-7-10-20(3)4/h15H,5-14,16H2,1-4H3/t18-/m1/s1. The second kappa shape index (κ2) is 7.89. The van der Waals surface area contributed by atoms with Crippen LogP contribution in [0.4, 0.5) is 0 Å². The zero-order chi connectivity index (χ0) is 16.1. The van der Waals surface area contributed by atoms with E-state index < -0.39 is 0 Å². The Morgan fingerprint density at radius 2 is 1.95 bits per heavy atom. The average molecular weight is 309 g/mol. The van der Waals surface area contributed by atoms with E-state index in [0.717, 1.165) is 45.5 Å². The van der Waals surface area contributed by atoms with Crippen LogP contribution in [-0.2, 0) is 4.74 Å². The van der Waals surface area contributed by atoms with E-state index in [1.807, 2.05) is 0 Å². The highest BCUT2D eigenvalue weighted by Crippen LogP contribution is 2.38. The Labute approximate surface area is 136 Å². The SMILES string of the molecule is CN(C)CCCN=C[C@@]1(CN2CCCC2)CCOC(C)(C)C1. The van der Waals surface area contributed by atoms with E-state index in [0.29, 0.717) is 0 Å². The first-order chi connectivity index (χ1) is 10.4. The molecule has 2 saturated heterocycles. The Kier molecular flexibility index (Phi) is 6.42. The predicted octanol–water partition coefficient (Wildman–Crippen LogP) is 2.68. The van der Waals surface area contributed by atoms with Crippen molar-refractivity contribution >= 4 is 6.21 Å². The molecule has 2 fully saturated rings. The summed E-state index contributed by atoms with van der Waals surface area (Å²) in [5, 5.41) is 0. The molecule has 0 unspecified atom stereocenters. The van der Waals surface area contributed by atoms with Crippen molar-refractivity contribution in [1.29, 1.82) is 0 Å². The molecular formula is C18H35N3O. The van der Waals surface area contributed by atoms with Crippen molar-refractivity contribution < 1.29 is 4.74 Å². The predicted molar refractivity (Wildman–Crippen MR) is 93.9 cm³/mol. The van der Waals surface area contributed by atoms with Crippen LogP contribution in [0.15, 0.2) is 4.99 Å². The molecule has 0 aliphatic carbocycles. The van der Waals surface area contributed by atoms with Gasteiger partial charge >= 0.3 is 0 Å². The highest BCUT2D eigenvalue weighted by Gasteiger charge is 2.41. The third-order valence-electron chi connectivity index (χ3n) is 4.87. The number of rotatable bonds is 7. The molecule has 0 spiro atoms. The van der Waals surface area contributed by atoms with E-state index in [1.165, 1.54) is 25.9 Å². The summed E-state index contributed by atoms with van der Waals surface area (Å²) in [6, 6.07) is 0. The van der Waals surface area contributed by atoms with E-state index in [4.69, 9.17) is 9.73 Å². The normalized spacial score (nSPS) is 29.7. The zero-order valence-electron chi connectivity index (χ0n) is 15.1. The Hall–Kier alpha value is -0.450. The second-order valence-corrected chi connectivity index (χ2v) is 8.07. The molecule has 0 bridgehead atoms. The Morgan fingerprint density at radius 1 is 1.23 bits per heavy atom. The lowest BCUT2D eigenvalue weighted by Crippen LogP contribution is -2.48. The number of hydrogen-bond acceptors (Lipinski definition) is 4. The van der Waals surface area contributed by atoms with Crippen LogP contribution in [0.1, 0.15) is 46.0 Å². The fourth-order valence-corrected chi connectivity index (χ4v) is 3.93. The fourth-order valence-electron chi connectivity index (χ4n) is 3.93. The lowest BCUT2D eigenvalue weighted by atomic mass is 9.74. The summed E-state index contributed by atoms with van der Waals surface area (Å²) in [4.78, 5) is 9.67. The van der Waals surface area contributed by atoms with Gasteiger partial charge in [0, 0.05) is 31.3 Å². The summed E-state index contributed by atoms with van der Waals surface area (Å²) in [6.45, 7) is 11.1. The lowest BCUT2D eigenvalue weighted by molar-refractivity contribution is -0.0897. The summed E-state index contributed by atoms with van der Waals surface area (Å²) in [7, 11) is 4.25. The van der Waals surface area contributed by atoms with E-state index in [1.54, 1.807) is 0 Å². The number of hydrogen-bond donors (Lipinski definition) is 0. The third-order valence-corrected chi connectivity index (χ3v) is 4.87. The average Bonchev–Trinajstić information content (AvgIpc) is 2.89. The van der Waals surface area contributed by atoms with Gasteiger partial charge in [-0.3, -0.25) is 4.99 Å². The van der Waals surface area contributed by atoms with Crippen molar-refractivity contribution in [2.75, 3.05) is 53.4 Å². The van der Waals surface area contributed by atoms with Crippen LogP contribution in [0.25, 0.3) is 0 Å². The maximum Gasteiger partial charge on any atom is 0.0635 e. The molecule has 0 saturated carbocycles. The molecule has 0 amide bonds. The van der Waals surface area contributed by atoms with E-state index >= 15 is 0 Å². The van der Waals surface area contributed by atoms with Gasteiger partial charge in [0.2, 0.25) is 0 Å². The van der Waals surface area contributed by atoms with Gasteiger partial charge in [-0.1, -0.05) is 0 Å². The maximum absolute atomic E-state index is 5.96. The first-order valence-corrected chi connectivity index (χ1v) is 8.93.